The fourth-order valence-electron chi connectivity index (χ4n) is 0.580. The molecule has 0 atom stereocenters. The van der Waals surface area contributed by atoms with Crippen molar-refractivity contribution in [2.45, 2.75) is 6.92 Å². The lowest BCUT2D eigenvalue weighted by atomic mass is 10.5. The summed E-state index contributed by atoms with van der Waals surface area (Å²) < 4.78 is 8.33. The maximum atomic E-state index is 10.7. The number of nitrogens with one attached hydrogen (secondary N) is 1. The van der Waals surface area contributed by atoms with Crippen molar-refractivity contribution < 1.29 is 9.53 Å². The van der Waals surface area contributed by atoms with Crippen LogP contribution in [0.15, 0.2) is 0 Å². The fourth-order valence-corrected chi connectivity index (χ4v) is 1.50. The summed E-state index contributed by atoms with van der Waals surface area (Å²) in [6.45, 7) is 1.77. The molecular formula is C6H7ClN2O2S. The molecule has 0 aliphatic carbocycles. The molecule has 1 amide bonds. The molecular weight excluding hydrogens is 200 g/mol. The number of carbonyl (C=O) groups is 1. The number of rotatable bonds is 1. The monoisotopic (exact) mass is 206 g/mol. The molecule has 4 nitrogen and oxygen atoms in total. The number of carbonyl (C=O) groups excluding carboxylic acids is 1. The molecule has 0 saturated heterocycles. The lowest BCUT2D eigenvalue weighted by Gasteiger charge is -1.98. The molecule has 1 aromatic rings. The van der Waals surface area contributed by atoms with E-state index in [1.165, 1.54) is 7.11 Å². The summed E-state index contributed by atoms with van der Waals surface area (Å²) in [7, 11) is 1.29. The number of aryl methyl sites for hydroxylation is 1. The molecule has 0 fully saturated rings. The molecule has 0 aliphatic rings. The van der Waals surface area contributed by atoms with E-state index in [1.807, 2.05) is 0 Å². The molecule has 0 radical (unpaired) electrons. The van der Waals surface area contributed by atoms with E-state index in [2.05, 4.69) is 14.4 Å². The number of amides is 1. The maximum Gasteiger partial charge on any atom is 0.412 e. The van der Waals surface area contributed by atoms with Crippen molar-refractivity contribution in [1.82, 2.24) is 4.37 Å². The number of hydrogen-bond acceptors (Lipinski definition) is 4. The van der Waals surface area contributed by atoms with E-state index in [0.29, 0.717) is 15.7 Å². The van der Waals surface area contributed by atoms with Crippen LogP contribution in [-0.4, -0.2) is 17.6 Å². The Kier molecular flexibility index (Phi) is 2.88. The number of nitrogens with zero attached hydrogens (tertiary/aromatic N) is 1. The summed E-state index contributed by atoms with van der Waals surface area (Å²) in [5, 5.41) is 3.42. The van der Waals surface area contributed by atoms with Crippen molar-refractivity contribution in [2.24, 2.45) is 0 Å². The summed E-state index contributed by atoms with van der Waals surface area (Å²) in [6.07, 6.45) is -0.541. The van der Waals surface area contributed by atoms with Crippen LogP contribution in [0.3, 0.4) is 0 Å². The van der Waals surface area contributed by atoms with Gasteiger partial charge in [-0.3, -0.25) is 5.32 Å². The number of ether oxygens (including phenoxy) is 1. The van der Waals surface area contributed by atoms with Gasteiger partial charge >= 0.3 is 6.09 Å². The minimum atomic E-state index is -0.541. The Morgan fingerprint density at radius 2 is 2.42 bits per heavy atom. The topological polar surface area (TPSA) is 51.2 Å². The number of hydrogen-bond donors (Lipinski definition) is 1. The lowest BCUT2D eigenvalue weighted by molar-refractivity contribution is 0.187. The van der Waals surface area contributed by atoms with E-state index in [0.717, 1.165) is 11.5 Å². The summed E-state index contributed by atoms with van der Waals surface area (Å²) in [5.41, 5.74) is 0.702. The Morgan fingerprint density at radius 1 is 1.75 bits per heavy atom. The fraction of sp³-hybridized carbons (Fsp3) is 0.333. The normalized spacial score (nSPS) is 9.58. The zero-order chi connectivity index (χ0) is 9.14. The molecule has 0 aliphatic heterocycles. The van der Waals surface area contributed by atoms with Gasteiger partial charge < -0.3 is 4.74 Å². The third kappa shape index (κ3) is 1.86. The molecule has 1 rings (SSSR count). The van der Waals surface area contributed by atoms with Gasteiger partial charge in [0, 0.05) is 0 Å². The largest absolute Gasteiger partial charge is 0.453 e. The highest BCUT2D eigenvalue weighted by Gasteiger charge is 2.10. The third-order valence-electron chi connectivity index (χ3n) is 1.19. The Balaban J connectivity index is 2.76. The van der Waals surface area contributed by atoms with Crippen LogP contribution in [0.4, 0.5) is 9.80 Å². The lowest BCUT2D eigenvalue weighted by Crippen LogP contribution is -2.09. The molecule has 1 N–H and O–H groups in total. The van der Waals surface area contributed by atoms with E-state index < -0.39 is 6.09 Å². The van der Waals surface area contributed by atoms with Gasteiger partial charge in [0.25, 0.3) is 0 Å². The van der Waals surface area contributed by atoms with Crippen LogP contribution in [0.5, 0.6) is 0 Å². The number of methoxy groups -OCH3 is 1. The van der Waals surface area contributed by atoms with Crippen molar-refractivity contribution in [3.05, 3.63) is 10.7 Å². The Bertz CT molecular complexity index is 300. The summed E-state index contributed by atoms with van der Waals surface area (Å²) in [4.78, 5) is 10.7. The number of anilines is 1. The second-order valence-corrected chi connectivity index (χ2v) is 3.18. The van der Waals surface area contributed by atoms with Crippen LogP contribution >= 0.6 is 23.1 Å². The molecule has 0 unspecified atom stereocenters. The average Bonchev–Trinajstić information content (AvgIpc) is 2.36. The zero-order valence-corrected chi connectivity index (χ0v) is 8.12. The third-order valence-corrected chi connectivity index (χ3v) is 2.62. The van der Waals surface area contributed by atoms with E-state index in [1.54, 1.807) is 6.92 Å². The SMILES string of the molecule is COC(=O)Nc1snc(C)c1Cl. The minimum absolute atomic E-state index is 0.463. The van der Waals surface area contributed by atoms with Gasteiger partial charge in [0.2, 0.25) is 0 Å². The summed E-state index contributed by atoms with van der Waals surface area (Å²) >= 11 is 6.91. The predicted molar refractivity (Wildman–Crippen MR) is 47.9 cm³/mol. The Labute approximate surface area is 78.7 Å². The Morgan fingerprint density at radius 3 is 2.83 bits per heavy atom. The first-order valence-electron chi connectivity index (χ1n) is 3.12. The van der Waals surface area contributed by atoms with Gasteiger partial charge in [-0.25, -0.2) is 4.79 Å². The minimum Gasteiger partial charge on any atom is -0.453 e. The summed E-state index contributed by atoms with van der Waals surface area (Å²) in [5.74, 6) is 0. The Hall–Kier alpha value is -0.810. The molecule has 0 saturated carbocycles. The van der Waals surface area contributed by atoms with Crippen LogP contribution in [0, 0.1) is 6.92 Å². The molecule has 66 valence electrons. The molecule has 0 spiro atoms. The van der Waals surface area contributed by atoms with E-state index in [9.17, 15) is 4.79 Å². The highest BCUT2D eigenvalue weighted by Crippen LogP contribution is 2.29. The first-order chi connectivity index (χ1) is 5.65. The van der Waals surface area contributed by atoms with Gasteiger partial charge in [-0.05, 0) is 18.5 Å². The second kappa shape index (κ2) is 3.73. The first-order valence-corrected chi connectivity index (χ1v) is 4.27. The van der Waals surface area contributed by atoms with Gasteiger partial charge in [-0.2, -0.15) is 4.37 Å². The van der Waals surface area contributed by atoms with Gasteiger partial charge in [0.15, 0.2) is 0 Å². The standard InChI is InChI=1S/C6H7ClN2O2S/c1-3-4(7)5(12-9-3)8-6(10)11-2/h1-2H3,(H,8,10). The average molecular weight is 207 g/mol. The van der Waals surface area contributed by atoms with Crippen LogP contribution in [0.2, 0.25) is 5.02 Å². The van der Waals surface area contributed by atoms with Crippen molar-refractivity contribution in [3.63, 3.8) is 0 Å². The van der Waals surface area contributed by atoms with E-state index in [4.69, 9.17) is 11.6 Å². The predicted octanol–water partition coefficient (Wildman–Crippen LogP) is 2.28. The van der Waals surface area contributed by atoms with Crippen LogP contribution in [-0.2, 0) is 4.74 Å². The maximum absolute atomic E-state index is 10.7. The molecule has 0 bridgehead atoms. The molecule has 1 heterocycles. The highest BCUT2D eigenvalue weighted by molar-refractivity contribution is 7.11. The first kappa shape index (κ1) is 9.28. The van der Waals surface area contributed by atoms with E-state index >= 15 is 0 Å². The van der Waals surface area contributed by atoms with Crippen molar-refractivity contribution in [3.8, 4) is 0 Å². The van der Waals surface area contributed by atoms with Crippen molar-refractivity contribution >= 4 is 34.2 Å². The summed E-state index contributed by atoms with van der Waals surface area (Å²) in [6, 6.07) is 0. The zero-order valence-electron chi connectivity index (χ0n) is 6.55. The van der Waals surface area contributed by atoms with Gasteiger partial charge in [0.1, 0.15) is 5.00 Å². The van der Waals surface area contributed by atoms with Gasteiger partial charge in [-0.1, -0.05) is 11.6 Å². The van der Waals surface area contributed by atoms with Crippen LogP contribution < -0.4 is 5.32 Å². The van der Waals surface area contributed by atoms with Gasteiger partial charge in [0.05, 0.1) is 17.8 Å². The van der Waals surface area contributed by atoms with Crippen LogP contribution in [0.25, 0.3) is 0 Å². The molecule has 6 heteroatoms. The van der Waals surface area contributed by atoms with Crippen molar-refractivity contribution in [1.29, 1.82) is 0 Å². The quantitative estimate of drug-likeness (QED) is 0.767. The van der Waals surface area contributed by atoms with Crippen LogP contribution in [0.1, 0.15) is 5.69 Å². The van der Waals surface area contributed by atoms with Gasteiger partial charge in [-0.15, -0.1) is 0 Å². The molecule has 0 aromatic carbocycles. The molecule has 12 heavy (non-hydrogen) atoms. The molecule has 1 aromatic heterocycles. The van der Waals surface area contributed by atoms with E-state index in [-0.39, 0.29) is 0 Å². The van der Waals surface area contributed by atoms with Crippen molar-refractivity contribution in [2.75, 3.05) is 12.4 Å². The highest BCUT2D eigenvalue weighted by atomic mass is 35.5. The number of aromatic nitrogens is 1. The smallest absolute Gasteiger partial charge is 0.412 e. The second-order valence-electron chi connectivity index (χ2n) is 2.03. The number of halogens is 1.